The number of carboxylic acid groups (broad SMARTS) is 1. The summed E-state index contributed by atoms with van der Waals surface area (Å²) in [6, 6.07) is 0. The largest absolute Gasteiger partial charge is 0.480 e. The van der Waals surface area contributed by atoms with Gasteiger partial charge in [-0.2, -0.15) is 0 Å². The molecule has 0 aromatic carbocycles. The van der Waals surface area contributed by atoms with E-state index < -0.39 is 11.5 Å². The van der Waals surface area contributed by atoms with Gasteiger partial charge in [-0.3, -0.25) is 19.3 Å². The number of primary amides is 1. The van der Waals surface area contributed by atoms with E-state index in [1.54, 1.807) is 9.80 Å². The van der Waals surface area contributed by atoms with Crippen LogP contribution in [0.5, 0.6) is 0 Å². The van der Waals surface area contributed by atoms with Crippen LogP contribution in [-0.2, 0) is 14.4 Å². The van der Waals surface area contributed by atoms with Gasteiger partial charge < -0.3 is 15.7 Å². The number of nitrogens with two attached hydrogens (primary N) is 1. The number of likely N-dealkylation sites (tertiary alicyclic amines) is 1. The normalized spacial score (nSPS) is 19.6. The molecule has 1 saturated heterocycles. The number of rotatable bonds is 5. The van der Waals surface area contributed by atoms with Crippen LogP contribution in [0.2, 0.25) is 0 Å². The minimum atomic E-state index is -0.966. The van der Waals surface area contributed by atoms with E-state index in [0.29, 0.717) is 19.5 Å². The van der Waals surface area contributed by atoms with E-state index in [1.165, 1.54) is 0 Å². The third-order valence-corrected chi connectivity index (χ3v) is 3.78. The maximum Gasteiger partial charge on any atom is 0.317 e. The van der Waals surface area contributed by atoms with Gasteiger partial charge in [0, 0.05) is 18.6 Å². The Kier molecular flexibility index (Phi) is 5.71. The molecule has 1 rings (SSSR count). The van der Waals surface area contributed by atoms with Crippen molar-refractivity contribution in [3.63, 3.8) is 0 Å². The fourth-order valence-electron chi connectivity index (χ4n) is 2.39. The van der Waals surface area contributed by atoms with Gasteiger partial charge in [-0.25, -0.2) is 0 Å². The number of carbonyl (C=O) groups excluding carboxylic acids is 2. The molecule has 7 nitrogen and oxygen atoms in total. The van der Waals surface area contributed by atoms with Crippen molar-refractivity contribution >= 4 is 17.8 Å². The molecule has 3 N–H and O–H groups in total. The summed E-state index contributed by atoms with van der Waals surface area (Å²) in [7, 11) is 0. The topological polar surface area (TPSA) is 104 Å². The van der Waals surface area contributed by atoms with Crippen LogP contribution in [0, 0.1) is 5.92 Å². The number of nitrogens with zero attached hydrogens (tertiary/aromatic N) is 2. The number of carboxylic acids is 1. The standard InChI is InChI=1S/C14H25N3O4/c1-14(2,3)17(9-12(19)20)8-11(18)16-6-4-5-10(7-16)13(15)21/h10H,4-9H2,1-3H3,(H2,15,21)(H,19,20). The van der Waals surface area contributed by atoms with E-state index in [9.17, 15) is 14.4 Å². The first-order chi connectivity index (χ1) is 9.61. The monoisotopic (exact) mass is 299 g/mol. The highest BCUT2D eigenvalue weighted by Crippen LogP contribution is 2.18. The summed E-state index contributed by atoms with van der Waals surface area (Å²) in [6.07, 6.45) is 1.45. The van der Waals surface area contributed by atoms with Gasteiger partial charge >= 0.3 is 5.97 Å². The molecule has 0 aromatic rings. The smallest absolute Gasteiger partial charge is 0.317 e. The molecule has 0 aliphatic carbocycles. The Morgan fingerprint density at radius 1 is 1.29 bits per heavy atom. The van der Waals surface area contributed by atoms with Crippen LogP contribution in [-0.4, -0.2) is 64.4 Å². The summed E-state index contributed by atoms with van der Waals surface area (Å²) in [5.74, 6) is -1.81. The van der Waals surface area contributed by atoms with Crippen LogP contribution in [0.25, 0.3) is 0 Å². The first kappa shape index (κ1) is 17.4. The third-order valence-electron chi connectivity index (χ3n) is 3.78. The number of hydrogen-bond donors (Lipinski definition) is 2. The number of piperidine rings is 1. The van der Waals surface area contributed by atoms with Gasteiger partial charge in [0.15, 0.2) is 0 Å². The highest BCUT2D eigenvalue weighted by atomic mass is 16.4. The van der Waals surface area contributed by atoms with Crippen molar-refractivity contribution in [3.05, 3.63) is 0 Å². The summed E-state index contributed by atoms with van der Waals surface area (Å²) in [5.41, 5.74) is 4.88. The molecule has 7 heteroatoms. The summed E-state index contributed by atoms with van der Waals surface area (Å²) >= 11 is 0. The molecule has 1 aliphatic rings. The quantitative estimate of drug-likeness (QED) is 0.737. The average Bonchev–Trinajstić information content (AvgIpc) is 2.36. The predicted molar refractivity (Wildman–Crippen MR) is 77.5 cm³/mol. The third kappa shape index (κ3) is 5.34. The Balaban J connectivity index is 2.68. The molecular formula is C14H25N3O4. The minimum Gasteiger partial charge on any atom is -0.480 e. The molecule has 1 atom stereocenters. The fraction of sp³-hybridized carbons (Fsp3) is 0.786. The van der Waals surface area contributed by atoms with E-state index in [0.717, 1.165) is 6.42 Å². The molecule has 1 unspecified atom stereocenters. The van der Waals surface area contributed by atoms with Crippen LogP contribution in [0.1, 0.15) is 33.6 Å². The zero-order valence-corrected chi connectivity index (χ0v) is 13.0. The number of hydrogen-bond acceptors (Lipinski definition) is 4. The maximum atomic E-state index is 12.3. The van der Waals surface area contributed by atoms with Crippen LogP contribution in [0.15, 0.2) is 0 Å². The van der Waals surface area contributed by atoms with E-state index in [-0.39, 0.29) is 30.8 Å². The van der Waals surface area contributed by atoms with Crippen molar-refractivity contribution in [2.24, 2.45) is 11.7 Å². The lowest BCUT2D eigenvalue weighted by molar-refractivity contribution is -0.142. The summed E-state index contributed by atoms with van der Waals surface area (Å²) in [5, 5.41) is 8.96. The van der Waals surface area contributed by atoms with E-state index >= 15 is 0 Å². The Morgan fingerprint density at radius 3 is 2.38 bits per heavy atom. The summed E-state index contributed by atoms with van der Waals surface area (Å²) in [6.45, 7) is 6.36. The molecule has 0 bridgehead atoms. The molecule has 1 heterocycles. The number of amides is 2. The van der Waals surface area contributed by atoms with Crippen molar-refractivity contribution in [3.8, 4) is 0 Å². The predicted octanol–water partition coefficient (Wildman–Crippen LogP) is -0.105. The maximum absolute atomic E-state index is 12.3. The molecule has 21 heavy (non-hydrogen) atoms. The van der Waals surface area contributed by atoms with E-state index in [4.69, 9.17) is 10.8 Å². The number of aliphatic carboxylic acids is 1. The zero-order valence-electron chi connectivity index (χ0n) is 13.0. The first-order valence-electron chi connectivity index (χ1n) is 7.15. The number of carbonyl (C=O) groups is 3. The van der Waals surface area contributed by atoms with Crippen LogP contribution < -0.4 is 5.73 Å². The SMILES string of the molecule is CC(C)(C)N(CC(=O)O)CC(=O)N1CCCC(C(N)=O)C1. The summed E-state index contributed by atoms with van der Waals surface area (Å²) < 4.78 is 0. The molecule has 1 fully saturated rings. The molecular weight excluding hydrogens is 274 g/mol. The Bertz CT molecular complexity index is 417. The Morgan fingerprint density at radius 2 is 1.90 bits per heavy atom. The van der Waals surface area contributed by atoms with Crippen LogP contribution in [0.4, 0.5) is 0 Å². The van der Waals surface area contributed by atoms with Crippen LogP contribution in [0.3, 0.4) is 0 Å². The van der Waals surface area contributed by atoms with Gasteiger partial charge in [0.25, 0.3) is 0 Å². The van der Waals surface area contributed by atoms with Gasteiger partial charge in [0.2, 0.25) is 11.8 Å². The van der Waals surface area contributed by atoms with Gasteiger partial charge in [0.05, 0.1) is 19.0 Å². The second kappa shape index (κ2) is 6.89. The minimum absolute atomic E-state index is 0.0290. The lowest BCUT2D eigenvalue weighted by atomic mass is 9.97. The molecule has 0 aromatic heterocycles. The summed E-state index contributed by atoms with van der Waals surface area (Å²) in [4.78, 5) is 37.7. The van der Waals surface area contributed by atoms with Crippen LogP contribution >= 0.6 is 0 Å². The van der Waals surface area contributed by atoms with E-state index in [2.05, 4.69) is 0 Å². The van der Waals surface area contributed by atoms with Gasteiger partial charge in [-0.15, -0.1) is 0 Å². The van der Waals surface area contributed by atoms with Gasteiger partial charge in [0.1, 0.15) is 0 Å². The van der Waals surface area contributed by atoms with Gasteiger partial charge in [-0.05, 0) is 33.6 Å². The van der Waals surface area contributed by atoms with Crippen molar-refractivity contribution < 1.29 is 19.5 Å². The highest BCUT2D eigenvalue weighted by Gasteiger charge is 2.31. The Hall–Kier alpha value is -1.63. The van der Waals surface area contributed by atoms with Gasteiger partial charge in [-0.1, -0.05) is 0 Å². The zero-order chi connectivity index (χ0) is 16.2. The lowest BCUT2D eigenvalue weighted by Gasteiger charge is -2.37. The average molecular weight is 299 g/mol. The fourth-order valence-corrected chi connectivity index (χ4v) is 2.39. The van der Waals surface area contributed by atoms with Crippen molar-refractivity contribution in [1.29, 1.82) is 0 Å². The van der Waals surface area contributed by atoms with Crippen molar-refractivity contribution in [1.82, 2.24) is 9.80 Å². The Labute approximate surface area is 125 Å². The lowest BCUT2D eigenvalue weighted by Crippen LogP contribution is -2.52. The second-order valence-corrected chi connectivity index (χ2v) is 6.50. The first-order valence-corrected chi connectivity index (χ1v) is 7.15. The second-order valence-electron chi connectivity index (χ2n) is 6.50. The molecule has 0 radical (unpaired) electrons. The molecule has 1 aliphatic heterocycles. The van der Waals surface area contributed by atoms with E-state index in [1.807, 2.05) is 20.8 Å². The van der Waals surface area contributed by atoms with Crippen molar-refractivity contribution in [2.75, 3.05) is 26.2 Å². The van der Waals surface area contributed by atoms with Crippen molar-refractivity contribution in [2.45, 2.75) is 39.2 Å². The molecule has 2 amide bonds. The molecule has 120 valence electrons. The molecule has 0 saturated carbocycles. The highest BCUT2D eigenvalue weighted by molar-refractivity contribution is 5.81. The molecule has 0 spiro atoms.